The predicted octanol–water partition coefficient (Wildman–Crippen LogP) is -0.453. The Bertz CT molecular complexity index is 309. The van der Waals surface area contributed by atoms with Crippen LogP contribution < -0.4 is 0 Å². The van der Waals surface area contributed by atoms with Crippen LogP contribution in [0.5, 0.6) is 0 Å². The average molecular weight is 310 g/mol. The molecule has 0 saturated heterocycles. The van der Waals surface area contributed by atoms with Gasteiger partial charge in [0.2, 0.25) is 0 Å². The number of rotatable bonds is 10. The van der Waals surface area contributed by atoms with E-state index in [2.05, 4.69) is 0 Å². The maximum Gasteiger partial charge on any atom is 0.337 e. The van der Waals surface area contributed by atoms with Gasteiger partial charge in [-0.1, -0.05) is 13.3 Å². The van der Waals surface area contributed by atoms with E-state index in [1.54, 1.807) is 0 Å². The van der Waals surface area contributed by atoms with Gasteiger partial charge in [-0.2, -0.15) is 0 Å². The Balaban J connectivity index is 0. The van der Waals surface area contributed by atoms with E-state index in [0.717, 1.165) is 6.42 Å². The molecule has 0 bridgehead atoms. The summed E-state index contributed by atoms with van der Waals surface area (Å²) >= 11 is 0. The van der Waals surface area contributed by atoms with Gasteiger partial charge in [-0.05, 0) is 6.42 Å². The second-order valence-electron chi connectivity index (χ2n) is 4.09. The van der Waals surface area contributed by atoms with Crippen molar-refractivity contribution in [3.63, 3.8) is 0 Å². The standard InChI is InChI=1S/C10H16O7.C2H6O2/c1-2-3-4-17-10(9(15)16,5-7(11)12)6-8(13)14;3-1-2-4/h2-6H2,1H3,(H,11,12)(H,13,14)(H,15,16);3-4H,1-2H2. The number of ether oxygens (including phenoxy) is 1. The lowest BCUT2D eigenvalue weighted by Crippen LogP contribution is -2.45. The van der Waals surface area contributed by atoms with Crippen LogP contribution in [0.25, 0.3) is 0 Å². The van der Waals surface area contributed by atoms with Gasteiger partial charge in [0, 0.05) is 6.61 Å². The van der Waals surface area contributed by atoms with Crippen molar-refractivity contribution in [2.75, 3.05) is 19.8 Å². The number of aliphatic carboxylic acids is 3. The number of unbranched alkanes of at least 4 members (excludes halogenated alkanes) is 1. The molecule has 0 aliphatic rings. The lowest BCUT2D eigenvalue weighted by molar-refractivity contribution is -0.178. The molecule has 0 amide bonds. The first kappa shape index (κ1) is 21.6. The molecule has 0 heterocycles. The zero-order valence-corrected chi connectivity index (χ0v) is 11.8. The van der Waals surface area contributed by atoms with E-state index in [0.29, 0.717) is 6.42 Å². The van der Waals surface area contributed by atoms with Crippen molar-refractivity contribution in [1.82, 2.24) is 0 Å². The number of aliphatic hydroxyl groups excluding tert-OH is 2. The van der Waals surface area contributed by atoms with Crippen molar-refractivity contribution in [3.8, 4) is 0 Å². The van der Waals surface area contributed by atoms with Gasteiger partial charge in [0.25, 0.3) is 0 Å². The molecule has 9 nitrogen and oxygen atoms in total. The summed E-state index contributed by atoms with van der Waals surface area (Å²) in [6, 6.07) is 0. The van der Waals surface area contributed by atoms with E-state index in [9.17, 15) is 14.4 Å². The van der Waals surface area contributed by atoms with Crippen LogP contribution in [0.4, 0.5) is 0 Å². The van der Waals surface area contributed by atoms with Gasteiger partial charge in [-0.25, -0.2) is 4.79 Å². The number of carboxylic acids is 3. The van der Waals surface area contributed by atoms with E-state index < -0.39 is 36.4 Å². The summed E-state index contributed by atoms with van der Waals surface area (Å²) in [5, 5.41) is 41.5. The monoisotopic (exact) mass is 310 g/mol. The summed E-state index contributed by atoms with van der Waals surface area (Å²) in [5.74, 6) is -4.39. The maximum atomic E-state index is 11.0. The van der Waals surface area contributed by atoms with E-state index in [4.69, 9.17) is 30.3 Å². The van der Waals surface area contributed by atoms with Gasteiger partial charge in [-0.3, -0.25) is 9.59 Å². The first-order valence-corrected chi connectivity index (χ1v) is 6.28. The first-order chi connectivity index (χ1) is 9.75. The molecule has 0 spiro atoms. The zero-order chi connectivity index (χ0) is 16.9. The molecule has 0 aromatic carbocycles. The van der Waals surface area contributed by atoms with Crippen LogP contribution in [0.1, 0.15) is 32.6 Å². The van der Waals surface area contributed by atoms with E-state index in [-0.39, 0.29) is 19.8 Å². The molecular formula is C12H22O9. The normalized spacial score (nSPS) is 10.4. The van der Waals surface area contributed by atoms with E-state index >= 15 is 0 Å². The summed E-state index contributed by atoms with van der Waals surface area (Å²) in [7, 11) is 0. The molecule has 0 fully saturated rings. The topological polar surface area (TPSA) is 162 Å². The third kappa shape index (κ3) is 10.7. The van der Waals surface area contributed by atoms with Gasteiger partial charge in [0.15, 0.2) is 5.60 Å². The van der Waals surface area contributed by atoms with Crippen LogP contribution in [0.2, 0.25) is 0 Å². The molecule has 9 heteroatoms. The molecule has 0 unspecified atom stereocenters. The quantitative estimate of drug-likeness (QED) is 0.336. The van der Waals surface area contributed by atoms with Crippen LogP contribution in [-0.2, 0) is 19.1 Å². The molecule has 0 aromatic rings. The van der Waals surface area contributed by atoms with Gasteiger partial charge < -0.3 is 30.3 Å². The smallest absolute Gasteiger partial charge is 0.337 e. The first-order valence-electron chi connectivity index (χ1n) is 6.28. The molecule has 21 heavy (non-hydrogen) atoms. The highest BCUT2D eigenvalue weighted by Crippen LogP contribution is 2.22. The highest BCUT2D eigenvalue weighted by Gasteiger charge is 2.44. The molecular weight excluding hydrogens is 288 g/mol. The lowest BCUT2D eigenvalue weighted by Gasteiger charge is -2.26. The van der Waals surface area contributed by atoms with Crippen molar-refractivity contribution in [2.45, 2.75) is 38.2 Å². The van der Waals surface area contributed by atoms with Crippen molar-refractivity contribution in [3.05, 3.63) is 0 Å². The zero-order valence-electron chi connectivity index (χ0n) is 11.8. The number of aliphatic hydroxyl groups is 2. The average Bonchev–Trinajstić information content (AvgIpc) is 2.37. The number of hydrogen-bond donors (Lipinski definition) is 5. The second kappa shape index (κ2) is 12.1. The Kier molecular flexibility index (Phi) is 12.4. The van der Waals surface area contributed by atoms with E-state index in [1.807, 2.05) is 6.92 Å². The molecule has 124 valence electrons. The van der Waals surface area contributed by atoms with Crippen LogP contribution >= 0.6 is 0 Å². The van der Waals surface area contributed by atoms with Crippen LogP contribution in [-0.4, -0.2) is 68.9 Å². The summed E-state index contributed by atoms with van der Waals surface area (Å²) < 4.78 is 4.99. The fraction of sp³-hybridized carbons (Fsp3) is 0.750. The largest absolute Gasteiger partial charge is 0.481 e. The Hall–Kier alpha value is -1.71. The van der Waals surface area contributed by atoms with Crippen molar-refractivity contribution in [1.29, 1.82) is 0 Å². The Labute approximate surface area is 121 Å². The molecule has 0 radical (unpaired) electrons. The minimum absolute atomic E-state index is 0.0172. The number of carbonyl (C=O) groups is 3. The molecule has 0 saturated carbocycles. The lowest BCUT2D eigenvalue weighted by atomic mass is 9.95. The predicted molar refractivity (Wildman–Crippen MR) is 69.9 cm³/mol. The van der Waals surface area contributed by atoms with Gasteiger partial charge >= 0.3 is 17.9 Å². The van der Waals surface area contributed by atoms with Crippen molar-refractivity contribution < 1.29 is 44.7 Å². The molecule has 0 aliphatic carbocycles. The molecule has 0 aromatic heterocycles. The highest BCUT2D eigenvalue weighted by molar-refractivity contribution is 5.88. The Morgan fingerprint density at radius 3 is 1.62 bits per heavy atom. The molecule has 0 aliphatic heterocycles. The summed E-state index contributed by atoms with van der Waals surface area (Å²) in [5.41, 5.74) is -2.19. The summed E-state index contributed by atoms with van der Waals surface area (Å²) in [4.78, 5) is 32.2. The third-order valence-electron chi connectivity index (χ3n) is 2.24. The van der Waals surface area contributed by atoms with Crippen LogP contribution in [0.3, 0.4) is 0 Å². The van der Waals surface area contributed by atoms with Crippen molar-refractivity contribution >= 4 is 17.9 Å². The third-order valence-corrected chi connectivity index (χ3v) is 2.24. The van der Waals surface area contributed by atoms with Crippen molar-refractivity contribution in [2.24, 2.45) is 0 Å². The van der Waals surface area contributed by atoms with Gasteiger partial charge in [0.05, 0.1) is 26.1 Å². The SMILES string of the molecule is CCCCOC(CC(=O)O)(CC(=O)O)C(=O)O.OCCO. The summed E-state index contributed by atoms with van der Waals surface area (Å²) in [6.45, 7) is 1.61. The molecule has 0 atom stereocenters. The Morgan fingerprint density at radius 2 is 1.38 bits per heavy atom. The highest BCUT2D eigenvalue weighted by atomic mass is 16.5. The van der Waals surface area contributed by atoms with Crippen LogP contribution in [0.15, 0.2) is 0 Å². The maximum absolute atomic E-state index is 11.0. The Morgan fingerprint density at radius 1 is 0.952 bits per heavy atom. The molecule has 0 rings (SSSR count). The second-order valence-corrected chi connectivity index (χ2v) is 4.09. The van der Waals surface area contributed by atoms with Gasteiger partial charge in [0.1, 0.15) is 0 Å². The fourth-order valence-electron chi connectivity index (χ4n) is 1.28. The fourth-order valence-corrected chi connectivity index (χ4v) is 1.28. The molecule has 5 N–H and O–H groups in total. The number of hydrogen-bond acceptors (Lipinski definition) is 6. The minimum Gasteiger partial charge on any atom is -0.481 e. The van der Waals surface area contributed by atoms with Gasteiger partial charge in [-0.15, -0.1) is 0 Å². The summed E-state index contributed by atoms with van der Waals surface area (Å²) in [6.07, 6.45) is -0.485. The minimum atomic E-state index is -2.19. The van der Waals surface area contributed by atoms with Crippen LogP contribution in [0, 0.1) is 0 Å². The number of carboxylic acid groups (broad SMARTS) is 3. The van der Waals surface area contributed by atoms with E-state index in [1.165, 1.54) is 0 Å².